The minimum atomic E-state index is -5.01. The van der Waals surface area contributed by atoms with E-state index < -0.39 is 40.8 Å². The highest BCUT2D eigenvalue weighted by atomic mass is 19.4. The average molecular weight is 572 g/mol. The van der Waals surface area contributed by atoms with Crippen LogP contribution in [0.25, 0.3) is 0 Å². The first-order chi connectivity index (χ1) is 18.3. The summed E-state index contributed by atoms with van der Waals surface area (Å²) < 4.78 is 80.5. The van der Waals surface area contributed by atoms with Gasteiger partial charge >= 0.3 is 12.4 Å². The van der Waals surface area contributed by atoms with E-state index in [4.69, 9.17) is 0 Å². The van der Waals surface area contributed by atoms with Crippen molar-refractivity contribution in [2.75, 3.05) is 0 Å². The van der Waals surface area contributed by atoms with Crippen LogP contribution < -0.4 is 10.7 Å². The second kappa shape index (κ2) is 11.4. The molecule has 2 aromatic rings. The molecule has 0 aliphatic heterocycles. The lowest BCUT2D eigenvalue weighted by atomic mass is 9.74. The number of hydrogen-bond acceptors (Lipinski definition) is 3. The quantitative estimate of drug-likeness (QED) is 0.292. The van der Waals surface area contributed by atoms with Gasteiger partial charge in [-0.25, -0.2) is 5.43 Å². The summed E-state index contributed by atoms with van der Waals surface area (Å²) in [5, 5.41) is 4.57. The van der Waals surface area contributed by atoms with Gasteiger partial charge in [0.15, 0.2) is 0 Å². The molecule has 11 heteroatoms. The van der Waals surface area contributed by atoms with Crippen LogP contribution in [-0.2, 0) is 27.5 Å². The monoisotopic (exact) mass is 571 g/mol. The summed E-state index contributed by atoms with van der Waals surface area (Å²) in [6.07, 6.45) is -8.20. The summed E-state index contributed by atoms with van der Waals surface area (Å²) in [4.78, 5) is 25.9. The molecule has 1 aliphatic carbocycles. The van der Waals surface area contributed by atoms with Crippen LogP contribution in [0.15, 0.2) is 48.5 Å². The highest BCUT2D eigenvalue weighted by Gasteiger charge is 2.42. The molecule has 0 bridgehead atoms. The molecule has 220 valence electrons. The molecule has 1 unspecified atom stereocenters. The summed E-state index contributed by atoms with van der Waals surface area (Å²) >= 11 is 0. The molecule has 5 nitrogen and oxygen atoms in total. The number of amides is 2. The van der Waals surface area contributed by atoms with Gasteiger partial charge in [-0.2, -0.15) is 26.3 Å². The summed E-state index contributed by atoms with van der Waals surface area (Å²) in [6, 6.07) is 10.1. The molecule has 1 aliphatic rings. The molecule has 2 aromatic carbocycles. The van der Waals surface area contributed by atoms with E-state index in [1.165, 1.54) is 13.8 Å². The highest BCUT2D eigenvalue weighted by Crippen LogP contribution is 2.41. The third-order valence-electron chi connectivity index (χ3n) is 7.16. The number of hydrazine groups is 1. The molecule has 1 fully saturated rings. The molecule has 0 aromatic heterocycles. The van der Waals surface area contributed by atoms with Gasteiger partial charge in [0.05, 0.1) is 22.6 Å². The van der Waals surface area contributed by atoms with E-state index in [-0.39, 0.29) is 29.1 Å². The summed E-state index contributed by atoms with van der Waals surface area (Å²) in [5.74, 6) is -2.14. The lowest BCUT2D eigenvalue weighted by Crippen LogP contribution is -2.58. The standard InChI is InChI=1S/C29H35F6N3O2/c1-18(20-15-22(28(30,31)32)17-23(16-20)29(33,34)35)25(40)36-27(21-9-7-6-8-10-21)13-11-24(12-14-27)38(19(2)39)37-26(3,4)5/h6-10,15-18,24,37H,11-14H2,1-5H3,(H,36,40). The van der Waals surface area contributed by atoms with E-state index in [0.717, 1.165) is 5.56 Å². The van der Waals surface area contributed by atoms with Crippen molar-refractivity contribution in [1.29, 1.82) is 0 Å². The van der Waals surface area contributed by atoms with Gasteiger partial charge in [0.2, 0.25) is 11.8 Å². The highest BCUT2D eigenvalue weighted by molar-refractivity contribution is 5.84. The number of nitrogens with one attached hydrogen (secondary N) is 2. The van der Waals surface area contributed by atoms with Crippen LogP contribution in [0.4, 0.5) is 26.3 Å². The first-order valence-electron chi connectivity index (χ1n) is 13.1. The Bertz CT molecular complexity index is 1160. The van der Waals surface area contributed by atoms with Crippen molar-refractivity contribution in [3.05, 3.63) is 70.8 Å². The predicted molar refractivity (Wildman–Crippen MR) is 139 cm³/mol. The number of alkyl halides is 6. The Hall–Kier alpha value is -3.08. The van der Waals surface area contributed by atoms with E-state index >= 15 is 0 Å². The lowest BCUT2D eigenvalue weighted by molar-refractivity contribution is -0.143. The van der Waals surface area contributed by atoms with Gasteiger partial charge < -0.3 is 5.32 Å². The Kier molecular flexibility index (Phi) is 8.98. The van der Waals surface area contributed by atoms with Crippen molar-refractivity contribution >= 4 is 11.8 Å². The molecule has 0 spiro atoms. The van der Waals surface area contributed by atoms with Crippen LogP contribution in [-0.4, -0.2) is 28.4 Å². The topological polar surface area (TPSA) is 61.4 Å². The molecular weight excluding hydrogens is 536 g/mol. The van der Waals surface area contributed by atoms with E-state index in [0.29, 0.717) is 37.8 Å². The normalized spacial score (nSPS) is 21.0. The summed E-state index contributed by atoms with van der Waals surface area (Å²) in [7, 11) is 0. The fraction of sp³-hybridized carbons (Fsp3) is 0.517. The van der Waals surface area contributed by atoms with Crippen molar-refractivity contribution in [3.8, 4) is 0 Å². The van der Waals surface area contributed by atoms with E-state index in [2.05, 4.69) is 10.7 Å². The largest absolute Gasteiger partial charge is 0.416 e. The fourth-order valence-electron chi connectivity index (χ4n) is 5.11. The minimum absolute atomic E-state index is 0.0489. The number of rotatable bonds is 6. The van der Waals surface area contributed by atoms with Crippen LogP contribution >= 0.6 is 0 Å². The summed E-state index contributed by atoms with van der Waals surface area (Å²) in [6.45, 7) is 8.55. The van der Waals surface area contributed by atoms with Gasteiger partial charge in [-0.15, -0.1) is 0 Å². The molecule has 0 radical (unpaired) electrons. The van der Waals surface area contributed by atoms with Crippen molar-refractivity contribution in [3.63, 3.8) is 0 Å². The second-order valence-corrected chi connectivity index (χ2v) is 11.5. The molecule has 1 saturated carbocycles. The van der Waals surface area contributed by atoms with E-state index in [9.17, 15) is 35.9 Å². The van der Waals surface area contributed by atoms with Gasteiger partial charge in [0, 0.05) is 18.5 Å². The molecule has 1 atom stereocenters. The van der Waals surface area contributed by atoms with Gasteiger partial charge in [0.1, 0.15) is 0 Å². The number of hydrogen-bond donors (Lipinski definition) is 2. The van der Waals surface area contributed by atoms with Gasteiger partial charge in [0.25, 0.3) is 0 Å². The third kappa shape index (κ3) is 7.56. The lowest BCUT2D eigenvalue weighted by Gasteiger charge is -2.46. The number of nitrogens with zero attached hydrogens (tertiary/aromatic N) is 1. The number of carbonyl (C=O) groups excluding carboxylic acids is 2. The van der Waals surface area contributed by atoms with Gasteiger partial charge in [-0.05, 0) is 82.7 Å². The zero-order valence-electron chi connectivity index (χ0n) is 23.1. The third-order valence-corrected chi connectivity index (χ3v) is 7.16. The van der Waals surface area contributed by atoms with E-state index in [1.807, 2.05) is 32.9 Å². The summed E-state index contributed by atoms with van der Waals surface area (Å²) in [5.41, 5.74) is -0.610. The maximum Gasteiger partial charge on any atom is 0.416 e. The fourth-order valence-corrected chi connectivity index (χ4v) is 5.11. The zero-order chi connectivity index (χ0) is 30.1. The van der Waals surface area contributed by atoms with Crippen LogP contribution in [0.1, 0.15) is 88.5 Å². The van der Waals surface area contributed by atoms with Gasteiger partial charge in [-0.3, -0.25) is 14.6 Å². The molecule has 2 N–H and O–H groups in total. The van der Waals surface area contributed by atoms with Crippen LogP contribution in [0.5, 0.6) is 0 Å². The predicted octanol–water partition coefficient (Wildman–Crippen LogP) is 6.93. The Morgan fingerprint density at radius 3 is 1.82 bits per heavy atom. The molecule has 2 amide bonds. The Balaban J connectivity index is 1.92. The number of carbonyl (C=O) groups is 2. The van der Waals surface area contributed by atoms with Crippen molar-refractivity contribution < 1.29 is 35.9 Å². The Morgan fingerprint density at radius 2 is 1.40 bits per heavy atom. The molecule has 40 heavy (non-hydrogen) atoms. The zero-order valence-corrected chi connectivity index (χ0v) is 23.1. The van der Waals surface area contributed by atoms with Crippen molar-refractivity contribution in [1.82, 2.24) is 15.8 Å². The molecule has 0 heterocycles. The van der Waals surface area contributed by atoms with Crippen LogP contribution in [0.3, 0.4) is 0 Å². The second-order valence-electron chi connectivity index (χ2n) is 11.5. The van der Waals surface area contributed by atoms with Crippen LogP contribution in [0.2, 0.25) is 0 Å². The molecule has 0 saturated heterocycles. The minimum Gasteiger partial charge on any atom is -0.346 e. The number of benzene rings is 2. The molecular formula is C29H35F6N3O2. The van der Waals surface area contributed by atoms with Crippen LogP contribution in [0, 0.1) is 0 Å². The maximum absolute atomic E-state index is 13.5. The maximum atomic E-state index is 13.5. The Labute approximate surface area is 230 Å². The smallest absolute Gasteiger partial charge is 0.346 e. The Morgan fingerprint density at radius 1 is 0.900 bits per heavy atom. The van der Waals surface area contributed by atoms with Crippen molar-refractivity contribution in [2.24, 2.45) is 0 Å². The first-order valence-corrected chi connectivity index (χ1v) is 13.1. The SMILES string of the molecule is CC(=O)N(NC(C)(C)C)C1CCC(NC(=O)C(C)c2cc(C(F)(F)F)cc(C(F)(F)F)c2)(c2ccccc2)CC1. The number of halogens is 6. The van der Waals surface area contributed by atoms with Gasteiger partial charge in [-0.1, -0.05) is 30.3 Å². The first kappa shape index (κ1) is 31.4. The van der Waals surface area contributed by atoms with Crippen molar-refractivity contribution in [2.45, 2.75) is 95.7 Å². The molecule has 3 rings (SSSR count). The average Bonchev–Trinajstić information content (AvgIpc) is 2.86. The van der Waals surface area contributed by atoms with E-state index in [1.54, 1.807) is 23.2 Å².